The number of amides is 2. The Morgan fingerprint density at radius 3 is 2.48 bits per heavy atom. The molecule has 2 amide bonds. The molecular weight excluding hydrogens is 386 g/mol. The average Bonchev–Trinajstić information content (AvgIpc) is 2.62. The molecule has 1 aromatic carbocycles. The monoisotopic (exact) mass is 399 g/mol. The minimum absolute atomic E-state index is 0.0139. The van der Waals surface area contributed by atoms with E-state index in [1.54, 1.807) is 12.1 Å². The molecule has 0 bridgehead atoms. The lowest BCUT2D eigenvalue weighted by Crippen LogP contribution is -2.45. The molecule has 1 fully saturated rings. The van der Waals surface area contributed by atoms with Gasteiger partial charge in [0.2, 0.25) is 0 Å². The fraction of sp³-hybridized carbons (Fsp3) is 0.333. The topological polar surface area (TPSA) is 45.2 Å². The number of nitrogens with one attached hydrogen (secondary N) is 1. The van der Waals surface area contributed by atoms with Gasteiger partial charge in [-0.3, -0.25) is 4.98 Å². The van der Waals surface area contributed by atoms with Crippen LogP contribution in [0.1, 0.15) is 24.1 Å². The van der Waals surface area contributed by atoms with E-state index in [4.69, 9.17) is 11.6 Å². The van der Waals surface area contributed by atoms with Crippen molar-refractivity contribution in [2.45, 2.75) is 24.7 Å². The van der Waals surface area contributed by atoms with Crippen LogP contribution in [0.15, 0.2) is 30.5 Å². The largest absolute Gasteiger partial charge is 0.424 e. The van der Waals surface area contributed by atoms with E-state index in [0.29, 0.717) is 0 Å². The Kier molecular flexibility index (Phi) is 5.16. The first-order chi connectivity index (χ1) is 12.7. The highest BCUT2D eigenvalue weighted by Crippen LogP contribution is 2.39. The van der Waals surface area contributed by atoms with Crippen LogP contribution in [0.3, 0.4) is 0 Å². The molecule has 9 heteroatoms. The molecule has 1 aromatic heterocycles. The fourth-order valence-corrected chi connectivity index (χ4v) is 3.12. The molecule has 4 nitrogen and oxygen atoms in total. The number of anilines is 1. The Bertz CT molecular complexity index is 818. The lowest BCUT2D eigenvalue weighted by atomic mass is 9.89. The first-order valence-corrected chi connectivity index (χ1v) is 8.44. The van der Waals surface area contributed by atoms with Crippen LogP contribution in [0.25, 0.3) is 0 Å². The Morgan fingerprint density at radius 1 is 1.22 bits per heavy atom. The summed E-state index contributed by atoms with van der Waals surface area (Å²) in [4.78, 5) is 17.6. The van der Waals surface area contributed by atoms with Crippen molar-refractivity contribution in [3.8, 4) is 0 Å². The SMILES string of the molecule is O=C(Nc1c#cc(C(F)(F)F)cc1)N1CCC(F)(c2ncccc2Cl)CC1. The first kappa shape index (κ1) is 19.2. The van der Waals surface area contributed by atoms with Crippen molar-refractivity contribution in [3.63, 3.8) is 0 Å². The van der Waals surface area contributed by atoms with Crippen molar-refractivity contribution in [1.82, 2.24) is 9.88 Å². The van der Waals surface area contributed by atoms with Crippen molar-refractivity contribution in [2.75, 3.05) is 18.4 Å². The molecule has 0 unspecified atom stereocenters. The summed E-state index contributed by atoms with van der Waals surface area (Å²) in [6, 6.07) is 8.73. The van der Waals surface area contributed by atoms with Crippen LogP contribution >= 0.6 is 11.6 Å². The zero-order valence-electron chi connectivity index (χ0n) is 13.9. The highest BCUT2D eigenvalue weighted by molar-refractivity contribution is 6.31. The van der Waals surface area contributed by atoms with Crippen molar-refractivity contribution >= 4 is 23.3 Å². The summed E-state index contributed by atoms with van der Waals surface area (Å²) in [5.41, 5.74) is -2.51. The summed E-state index contributed by atoms with van der Waals surface area (Å²) in [5.74, 6) is 0. The number of carbonyl (C=O) groups excluding carboxylic acids is 1. The highest BCUT2D eigenvalue weighted by Gasteiger charge is 2.40. The molecule has 1 aliphatic heterocycles. The first-order valence-electron chi connectivity index (χ1n) is 8.06. The maximum Gasteiger partial charge on any atom is 0.424 e. The Balaban J connectivity index is 1.61. The predicted octanol–water partition coefficient (Wildman–Crippen LogP) is 4.85. The minimum Gasteiger partial charge on any atom is -0.324 e. The summed E-state index contributed by atoms with van der Waals surface area (Å²) in [6.07, 6.45) is -3.04. The lowest BCUT2D eigenvalue weighted by molar-refractivity contribution is -0.137. The van der Waals surface area contributed by atoms with Crippen LogP contribution in [0.5, 0.6) is 0 Å². The molecule has 0 aliphatic carbocycles. The molecule has 1 aliphatic rings. The molecule has 3 rings (SSSR count). The zero-order valence-corrected chi connectivity index (χ0v) is 14.7. The Labute approximate surface area is 158 Å². The lowest BCUT2D eigenvalue weighted by Gasteiger charge is -2.36. The second-order valence-electron chi connectivity index (χ2n) is 6.12. The van der Waals surface area contributed by atoms with Gasteiger partial charge in [0.25, 0.3) is 0 Å². The van der Waals surface area contributed by atoms with E-state index in [2.05, 4.69) is 16.4 Å². The third kappa shape index (κ3) is 4.25. The third-order valence-corrected chi connectivity index (χ3v) is 4.63. The number of likely N-dealkylation sites (tertiary alicyclic amines) is 1. The number of hydrogen-bond acceptors (Lipinski definition) is 2. The molecular formula is C18H14ClF4N3O. The number of urea groups is 1. The standard InChI is InChI=1S/C18H14ClF4N3O/c19-14-2-1-9-24-15(14)17(20)7-10-26(11-8-17)16(27)25-13-5-3-12(4-6-13)18(21,22)23/h1-3,5,9H,7-8,10-11H2,(H,25,27). The normalized spacial score (nSPS) is 16.6. The Hall–Kier alpha value is -2.53. The maximum absolute atomic E-state index is 15.2. The van der Waals surface area contributed by atoms with Crippen LogP contribution in [-0.2, 0) is 11.8 Å². The van der Waals surface area contributed by atoms with E-state index in [9.17, 15) is 18.0 Å². The molecule has 2 heterocycles. The average molecular weight is 400 g/mol. The third-order valence-electron chi connectivity index (χ3n) is 4.32. The molecule has 27 heavy (non-hydrogen) atoms. The summed E-state index contributed by atoms with van der Waals surface area (Å²) < 4.78 is 52.7. The van der Waals surface area contributed by atoms with Gasteiger partial charge in [-0.2, -0.15) is 13.2 Å². The van der Waals surface area contributed by atoms with Gasteiger partial charge in [-0.25, -0.2) is 9.18 Å². The Morgan fingerprint density at radius 2 is 1.93 bits per heavy atom. The number of aromatic nitrogens is 1. The number of pyridine rings is 1. The van der Waals surface area contributed by atoms with E-state index in [1.807, 2.05) is 6.07 Å². The smallest absolute Gasteiger partial charge is 0.324 e. The van der Waals surface area contributed by atoms with Gasteiger partial charge in [-0.1, -0.05) is 17.7 Å². The molecule has 1 saturated heterocycles. The van der Waals surface area contributed by atoms with Gasteiger partial charge in [0, 0.05) is 32.1 Å². The number of piperidine rings is 1. The van der Waals surface area contributed by atoms with E-state index >= 15 is 4.39 Å². The van der Waals surface area contributed by atoms with Crippen LogP contribution in [-0.4, -0.2) is 29.0 Å². The number of alkyl halides is 4. The summed E-state index contributed by atoms with van der Waals surface area (Å²) >= 11 is 6.02. The van der Waals surface area contributed by atoms with Gasteiger partial charge in [0.1, 0.15) is 5.56 Å². The second-order valence-corrected chi connectivity index (χ2v) is 6.53. The van der Waals surface area contributed by atoms with Crippen molar-refractivity contribution in [2.24, 2.45) is 0 Å². The molecule has 0 saturated carbocycles. The van der Waals surface area contributed by atoms with Crippen LogP contribution < -0.4 is 5.32 Å². The number of hydrogen-bond donors (Lipinski definition) is 1. The number of nitrogens with zero attached hydrogens (tertiary/aromatic N) is 2. The molecule has 2 aromatic rings. The molecule has 1 N–H and O–H groups in total. The molecule has 142 valence electrons. The summed E-state index contributed by atoms with van der Waals surface area (Å²) in [6.45, 7) is 0.221. The molecule has 0 atom stereocenters. The zero-order chi connectivity index (χ0) is 19.7. The summed E-state index contributed by atoms with van der Waals surface area (Å²) in [5, 5.41) is 2.67. The maximum atomic E-state index is 15.2. The van der Waals surface area contributed by atoms with Gasteiger partial charge in [-0.15, -0.1) is 0 Å². The van der Waals surface area contributed by atoms with Crippen LogP contribution in [0, 0.1) is 12.1 Å². The van der Waals surface area contributed by atoms with Crippen molar-refractivity contribution in [3.05, 3.63) is 58.9 Å². The van der Waals surface area contributed by atoms with Crippen molar-refractivity contribution in [1.29, 1.82) is 0 Å². The fourth-order valence-electron chi connectivity index (χ4n) is 2.83. The van der Waals surface area contributed by atoms with E-state index in [1.165, 1.54) is 11.1 Å². The van der Waals surface area contributed by atoms with Gasteiger partial charge in [0.15, 0.2) is 5.67 Å². The van der Waals surface area contributed by atoms with E-state index < -0.39 is 23.4 Å². The summed E-state index contributed by atoms with van der Waals surface area (Å²) in [7, 11) is 0. The van der Waals surface area contributed by atoms with Crippen molar-refractivity contribution < 1.29 is 22.4 Å². The minimum atomic E-state index is -4.52. The van der Waals surface area contributed by atoms with Gasteiger partial charge in [0.05, 0.1) is 16.4 Å². The van der Waals surface area contributed by atoms with E-state index in [0.717, 1.165) is 12.1 Å². The highest BCUT2D eigenvalue weighted by atomic mass is 35.5. The number of rotatable bonds is 2. The van der Waals surface area contributed by atoms with Gasteiger partial charge in [-0.05, 0) is 30.3 Å². The molecule has 0 spiro atoms. The number of carbonyl (C=O) groups is 1. The van der Waals surface area contributed by atoms with Gasteiger partial charge >= 0.3 is 12.2 Å². The van der Waals surface area contributed by atoms with E-state index in [-0.39, 0.29) is 42.3 Å². The molecule has 0 radical (unpaired) electrons. The quantitative estimate of drug-likeness (QED) is 0.734. The van der Waals surface area contributed by atoms with Gasteiger partial charge < -0.3 is 10.2 Å². The van der Waals surface area contributed by atoms with Crippen LogP contribution in [0.4, 0.5) is 28.0 Å². The second kappa shape index (κ2) is 7.24. The predicted molar refractivity (Wildman–Crippen MR) is 91.0 cm³/mol. The number of halogens is 5. The van der Waals surface area contributed by atoms with Crippen LogP contribution in [0.2, 0.25) is 5.02 Å².